The van der Waals surface area contributed by atoms with Crippen molar-refractivity contribution in [1.29, 1.82) is 0 Å². The number of ether oxygens (including phenoxy) is 1. The summed E-state index contributed by atoms with van der Waals surface area (Å²) in [6.07, 6.45) is 1.46. The maximum absolute atomic E-state index is 13.0. The lowest BCUT2D eigenvalue weighted by molar-refractivity contribution is -0.394. The highest BCUT2D eigenvalue weighted by molar-refractivity contribution is 8.26. The van der Waals surface area contributed by atoms with E-state index in [4.69, 9.17) is 28.6 Å². The first kappa shape index (κ1) is 25.8. The van der Waals surface area contributed by atoms with Gasteiger partial charge in [-0.3, -0.25) is 35.2 Å². The SMILES string of the molecule is O=C(NN1C(=O)/C(=C\c2ccccc2Oc2ccc([N+](=O)[O-])cc2[N+](=O)[O-])SC1=S)c1ccc(Cl)cc1. The second-order valence-electron chi connectivity index (χ2n) is 7.27. The van der Waals surface area contributed by atoms with Crippen LogP contribution in [0.2, 0.25) is 5.02 Å². The first-order valence-electron chi connectivity index (χ1n) is 10.2. The number of nitro groups is 2. The molecule has 1 heterocycles. The van der Waals surface area contributed by atoms with Crippen molar-refractivity contribution in [2.24, 2.45) is 0 Å². The van der Waals surface area contributed by atoms with Gasteiger partial charge in [0.2, 0.25) is 5.75 Å². The lowest BCUT2D eigenvalue weighted by Crippen LogP contribution is -2.44. The van der Waals surface area contributed by atoms with Gasteiger partial charge in [-0.25, -0.2) is 0 Å². The molecule has 11 nitrogen and oxygen atoms in total. The van der Waals surface area contributed by atoms with Gasteiger partial charge in [0.15, 0.2) is 4.32 Å². The van der Waals surface area contributed by atoms with Gasteiger partial charge in [0.05, 0.1) is 20.8 Å². The summed E-state index contributed by atoms with van der Waals surface area (Å²) in [5.74, 6) is -1.23. The number of benzene rings is 3. The number of hydrogen-bond donors (Lipinski definition) is 1. The Hall–Kier alpha value is -4.33. The minimum atomic E-state index is -0.792. The zero-order valence-corrected chi connectivity index (χ0v) is 20.7. The Labute approximate surface area is 222 Å². The van der Waals surface area contributed by atoms with Crippen LogP contribution < -0.4 is 10.2 Å². The standard InChI is InChI=1S/C23H13ClN4O7S2/c24-15-7-5-13(6-8-15)21(29)25-26-22(30)20(37-23(26)36)11-14-3-1-2-4-18(14)35-19-10-9-16(27(31)32)12-17(19)28(33)34/h1-12H,(H,25,29)/b20-11+. The number of nitrogens with zero attached hydrogens (tertiary/aromatic N) is 3. The first-order valence-corrected chi connectivity index (χ1v) is 11.8. The summed E-state index contributed by atoms with van der Waals surface area (Å²) >= 11 is 12.0. The van der Waals surface area contributed by atoms with Gasteiger partial charge >= 0.3 is 5.69 Å². The summed E-state index contributed by atoms with van der Waals surface area (Å²) < 4.78 is 5.80. The van der Waals surface area contributed by atoms with E-state index in [9.17, 15) is 29.8 Å². The van der Waals surface area contributed by atoms with Crippen molar-refractivity contribution in [3.05, 3.63) is 108 Å². The molecule has 2 amide bonds. The summed E-state index contributed by atoms with van der Waals surface area (Å²) in [5.41, 5.74) is 2.04. The largest absolute Gasteiger partial charge is 0.449 e. The minimum absolute atomic E-state index is 0.0861. The minimum Gasteiger partial charge on any atom is -0.449 e. The molecule has 1 N–H and O–H groups in total. The number of rotatable bonds is 7. The van der Waals surface area contributed by atoms with Crippen LogP contribution in [0.3, 0.4) is 0 Å². The van der Waals surface area contributed by atoms with Gasteiger partial charge in [-0.15, -0.1) is 0 Å². The number of non-ortho nitro benzene ring substituents is 1. The maximum atomic E-state index is 13.0. The van der Waals surface area contributed by atoms with Gasteiger partial charge < -0.3 is 4.74 Å². The molecule has 0 bridgehead atoms. The van der Waals surface area contributed by atoms with E-state index in [1.54, 1.807) is 18.2 Å². The van der Waals surface area contributed by atoms with Crippen molar-refractivity contribution in [1.82, 2.24) is 10.4 Å². The molecule has 37 heavy (non-hydrogen) atoms. The smallest absolute Gasteiger partial charge is 0.318 e. The Kier molecular flexibility index (Phi) is 7.47. The molecule has 0 spiro atoms. The molecule has 0 atom stereocenters. The number of thiocarbonyl (C=S) groups is 1. The number of amides is 2. The summed E-state index contributed by atoms with van der Waals surface area (Å²) in [4.78, 5) is 46.6. The second kappa shape index (κ2) is 10.7. The number of para-hydroxylation sites is 1. The van der Waals surface area contributed by atoms with Crippen molar-refractivity contribution in [3.8, 4) is 11.5 Å². The van der Waals surface area contributed by atoms with E-state index in [2.05, 4.69) is 5.43 Å². The molecule has 1 aliphatic heterocycles. The number of hydrazine groups is 1. The fourth-order valence-electron chi connectivity index (χ4n) is 3.13. The third kappa shape index (κ3) is 5.74. The Bertz CT molecular complexity index is 1490. The van der Waals surface area contributed by atoms with Crippen LogP contribution >= 0.6 is 35.6 Å². The monoisotopic (exact) mass is 556 g/mol. The molecule has 3 aromatic carbocycles. The van der Waals surface area contributed by atoms with E-state index in [1.807, 2.05) is 0 Å². The lowest BCUT2D eigenvalue weighted by atomic mass is 10.1. The molecule has 0 saturated carbocycles. The summed E-state index contributed by atoms with van der Waals surface area (Å²) in [6, 6.07) is 15.5. The number of halogens is 1. The average molecular weight is 557 g/mol. The third-order valence-corrected chi connectivity index (χ3v) is 6.44. The number of hydrogen-bond acceptors (Lipinski definition) is 9. The molecule has 0 aliphatic carbocycles. The number of carbonyl (C=O) groups excluding carboxylic acids is 2. The van der Waals surface area contributed by atoms with E-state index < -0.39 is 33.0 Å². The van der Waals surface area contributed by atoms with Crippen molar-refractivity contribution in [2.45, 2.75) is 0 Å². The highest BCUT2D eigenvalue weighted by Crippen LogP contribution is 2.38. The van der Waals surface area contributed by atoms with E-state index in [0.29, 0.717) is 10.6 Å². The van der Waals surface area contributed by atoms with Crippen LogP contribution in [0.15, 0.2) is 71.6 Å². The second-order valence-corrected chi connectivity index (χ2v) is 9.38. The molecule has 4 rings (SSSR count). The predicted octanol–water partition coefficient (Wildman–Crippen LogP) is 5.49. The van der Waals surface area contributed by atoms with E-state index in [0.717, 1.165) is 35.0 Å². The number of carbonyl (C=O) groups is 2. The van der Waals surface area contributed by atoms with Crippen LogP contribution in [-0.4, -0.2) is 31.0 Å². The number of nitrogens with one attached hydrogen (secondary N) is 1. The summed E-state index contributed by atoms with van der Waals surface area (Å²) in [7, 11) is 0. The van der Waals surface area contributed by atoms with Gasteiger partial charge in [-0.1, -0.05) is 41.6 Å². The van der Waals surface area contributed by atoms with Crippen molar-refractivity contribution >= 4 is 69.2 Å². The van der Waals surface area contributed by atoms with Gasteiger partial charge in [0.25, 0.3) is 17.5 Å². The molecular weight excluding hydrogens is 544 g/mol. The Morgan fingerprint density at radius 3 is 2.41 bits per heavy atom. The van der Waals surface area contributed by atoms with Crippen LogP contribution in [0.4, 0.5) is 11.4 Å². The Balaban J connectivity index is 1.59. The molecule has 186 valence electrons. The molecule has 14 heteroatoms. The van der Waals surface area contributed by atoms with Crippen LogP contribution in [0.25, 0.3) is 6.08 Å². The van der Waals surface area contributed by atoms with E-state index >= 15 is 0 Å². The lowest BCUT2D eigenvalue weighted by Gasteiger charge is -2.15. The zero-order valence-electron chi connectivity index (χ0n) is 18.3. The fraction of sp³-hybridized carbons (Fsp3) is 0. The highest BCUT2D eigenvalue weighted by Gasteiger charge is 2.34. The maximum Gasteiger partial charge on any atom is 0.318 e. The molecule has 0 unspecified atom stereocenters. The molecule has 1 aliphatic rings. The molecule has 0 aromatic heterocycles. The Morgan fingerprint density at radius 1 is 1.03 bits per heavy atom. The molecule has 1 saturated heterocycles. The highest BCUT2D eigenvalue weighted by atomic mass is 35.5. The molecule has 0 radical (unpaired) electrons. The van der Waals surface area contributed by atoms with Crippen molar-refractivity contribution in [2.75, 3.05) is 0 Å². The van der Waals surface area contributed by atoms with Gasteiger partial charge in [-0.05, 0) is 54.7 Å². The Morgan fingerprint density at radius 2 is 1.73 bits per heavy atom. The van der Waals surface area contributed by atoms with Crippen LogP contribution in [0, 0.1) is 20.2 Å². The number of nitro benzene ring substituents is 2. The average Bonchev–Trinajstić information content (AvgIpc) is 3.12. The van der Waals surface area contributed by atoms with E-state index in [1.165, 1.54) is 36.4 Å². The quantitative estimate of drug-likeness (QED) is 0.173. The zero-order chi connectivity index (χ0) is 26.7. The fourth-order valence-corrected chi connectivity index (χ4v) is 4.43. The third-order valence-electron chi connectivity index (χ3n) is 4.89. The van der Waals surface area contributed by atoms with Crippen molar-refractivity contribution in [3.63, 3.8) is 0 Å². The van der Waals surface area contributed by atoms with Crippen LogP contribution in [-0.2, 0) is 4.79 Å². The normalized spacial score (nSPS) is 14.1. The predicted molar refractivity (Wildman–Crippen MR) is 140 cm³/mol. The molecular formula is C23H13ClN4O7S2. The molecule has 1 fully saturated rings. The van der Waals surface area contributed by atoms with Gasteiger partial charge in [0.1, 0.15) is 5.75 Å². The van der Waals surface area contributed by atoms with Crippen molar-refractivity contribution < 1.29 is 24.2 Å². The van der Waals surface area contributed by atoms with Crippen LogP contribution in [0.1, 0.15) is 15.9 Å². The van der Waals surface area contributed by atoms with Crippen LogP contribution in [0.5, 0.6) is 11.5 Å². The molecule has 3 aromatic rings. The first-order chi connectivity index (χ1) is 17.6. The van der Waals surface area contributed by atoms with Gasteiger partial charge in [-0.2, -0.15) is 5.01 Å². The summed E-state index contributed by atoms with van der Waals surface area (Å²) in [5, 5.41) is 23.8. The van der Waals surface area contributed by atoms with E-state index in [-0.39, 0.29) is 26.3 Å². The topological polar surface area (TPSA) is 145 Å². The number of thioether (sulfide) groups is 1. The summed E-state index contributed by atoms with van der Waals surface area (Å²) in [6.45, 7) is 0. The van der Waals surface area contributed by atoms with Gasteiger partial charge in [0, 0.05) is 22.2 Å².